The molecule has 0 aliphatic carbocycles. The van der Waals surface area contributed by atoms with Crippen LogP contribution < -0.4 is 5.32 Å². The lowest BCUT2D eigenvalue weighted by molar-refractivity contribution is -0.137. The molecule has 7 heteroatoms. The first kappa shape index (κ1) is 16.1. The van der Waals surface area contributed by atoms with Gasteiger partial charge < -0.3 is 10.1 Å². The Morgan fingerprint density at radius 2 is 2.00 bits per heavy atom. The molecule has 1 N–H and O–H groups in total. The molecule has 1 heterocycles. The maximum atomic E-state index is 14.2. The number of rotatable bonds is 2. The molecule has 1 aromatic rings. The van der Waals surface area contributed by atoms with Crippen LogP contribution in [0.4, 0.5) is 4.39 Å². The largest absolute Gasteiger partial charge is 0.466 e. The lowest BCUT2D eigenvalue weighted by Gasteiger charge is -2.37. The van der Waals surface area contributed by atoms with Gasteiger partial charge in [-0.3, -0.25) is 9.69 Å². The van der Waals surface area contributed by atoms with Gasteiger partial charge in [0.25, 0.3) is 0 Å². The van der Waals surface area contributed by atoms with Crippen LogP contribution in [0.3, 0.4) is 0 Å². The van der Waals surface area contributed by atoms with Gasteiger partial charge in [-0.15, -0.1) is 0 Å². The Labute approximate surface area is 132 Å². The minimum atomic E-state index is -0.958. The Morgan fingerprint density at radius 3 is 2.55 bits per heavy atom. The van der Waals surface area contributed by atoms with Crippen molar-refractivity contribution in [3.05, 3.63) is 46.9 Å². The van der Waals surface area contributed by atoms with Gasteiger partial charge in [-0.05, 0) is 25.2 Å². The maximum Gasteiger partial charge on any atom is 0.337 e. The van der Waals surface area contributed by atoms with Crippen LogP contribution in [0, 0.1) is 5.82 Å². The van der Waals surface area contributed by atoms with Gasteiger partial charge in [0.1, 0.15) is 11.9 Å². The highest BCUT2D eigenvalue weighted by Crippen LogP contribution is 2.35. The maximum absolute atomic E-state index is 14.2. The third-order valence-electron chi connectivity index (χ3n) is 3.39. The van der Waals surface area contributed by atoms with Gasteiger partial charge in [0.05, 0.1) is 12.7 Å². The van der Waals surface area contributed by atoms with Crippen LogP contribution in [0.2, 0.25) is 0 Å². The van der Waals surface area contributed by atoms with E-state index in [1.807, 2.05) is 0 Å². The number of thiocarbonyl (C=S) groups is 1. The number of carbonyl (C=O) groups is 2. The summed E-state index contributed by atoms with van der Waals surface area (Å²) < 4.78 is 19.0. The Bertz CT molecular complexity index is 687. The molecule has 1 aliphatic heterocycles. The van der Waals surface area contributed by atoms with Crippen molar-refractivity contribution in [3.63, 3.8) is 0 Å². The molecule has 0 fully saturated rings. The van der Waals surface area contributed by atoms with E-state index in [2.05, 4.69) is 5.32 Å². The van der Waals surface area contributed by atoms with Crippen molar-refractivity contribution in [1.82, 2.24) is 10.2 Å². The quantitative estimate of drug-likeness (QED) is 0.667. The average Bonchev–Trinajstić information content (AvgIpc) is 2.45. The molecule has 22 heavy (non-hydrogen) atoms. The predicted molar refractivity (Wildman–Crippen MR) is 82.1 cm³/mol. The monoisotopic (exact) mass is 322 g/mol. The van der Waals surface area contributed by atoms with Gasteiger partial charge in [-0.1, -0.05) is 18.2 Å². The summed E-state index contributed by atoms with van der Waals surface area (Å²) in [4.78, 5) is 25.3. The van der Waals surface area contributed by atoms with E-state index in [4.69, 9.17) is 17.0 Å². The van der Waals surface area contributed by atoms with E-state index in [1.165, 1.54) is 37.1 Å². The normalized spacial score (nSPS) is 18.1. The molecule has 0 saturated heterocycles. The number of carbonyl (C=O) groups excluding carboxylic acids is 2. The van der Waals surface area contributed by atoms with Crippen molar-refractivity contribution < 1.29 is 18.7 Å². The number of ether oxygens (including phenoxy) is 1. The molecule has 0 saturated carbocycles. The first-order valence-corrected chi connectivity index (χ1v) is 6.93. The lowest BCUT2D eigenvalue weighted by atomic mass is 9.93. The summed E-state index contributed by atoms with van der Waals surface area (Å²) >= 11 is 5.16. The first-order valence-electron chi connectivity index (χ1n) is 6.52. The van der Waals surface area contributed by atoms with Gasteiger partial charge in [-0.25, -0.2) is 9.18 Å². The zero-order valence-electron chi connectivity index (χ0n) is 12.3. The zero-order chi connectivity index (χ0) is 16.4. The fourth-order valence-electron chi connectivity index (χ4n) is 2.43. The summed E-state index contributed by atoms with van der Waals surface area (Å²) in [5, 5.41) is 2.90. The van der Waals surface area contributed by atoms with Crippen molar-refractivity contribution in [2.24, 2.45) is 0 Å². The number of benzene rings is 1. The van der Waals surface area contributed by atoms with Gasteiger partial charge >= 0.3 is 5.97 Å². The smallest absolute Gasteiger partial charge is 0.337 e. The van der Waals surface area contributed by atoms with Crippen LogP contribution in [0.1, 0.15) is 25.5 Å². The number of nitrogens with zero attached hydrogens (tertiary/aromatic N) is 1. The van der Waals surface area contributed by atoms with Crippen LogP contribution in [0.25, 0.3) is 0 Å². The molecule has 116 valence electrons. The molecule has 0 radical (unpaired) electrons. The number of hydrogen-bond donors (Lipinski definition) is 1. The highest BCUT2D eigenvalue weighted by Gasteiger charge is 2.39. The predicted octanol–water partition coefficient (Wildman–Crippen LogP) is 2.05. The Balaban J connectivity index is 2.71. The van der Waals surface area contributed by atoms with Gasteiger partial charge in [0, 0.05) is 18.2 Å². The van der Waals surface area contributed by atoms with Crippen molar-refractivity contribution in [2.45, 2.75) is 19.9 Å². The fourth-order valence-corrected chi connectivity index (χ4v) is 2.82. The number of allylic oxidation sites excluding steroid dienone is 1. The number of hydrogen-bond acceptors (Lipinski definition) is 4. The van der Waals surface area contributed by atoms with Gasteiger partial charge in [-0.2, -0.15) is 0 Å². The highest BCUT2D eigenvalue weighted by molar-refractivity contribution is 7.80. The molecular weight excluding hydrogens is 307 g/mol. The van der Waals surface area contributed by atoms with Crippen molar-refractivity contribution in [1.29, 1.82) is 0 Å². The highest BCUT2D eigenvalue weighted by atomic mass is 32.1. The summed E-state index contributed by atoms with van der Waals surface area (Å²) in [6.07, 6.45) is 0. The van der Waals surface area contributed by atoms with E-state index >= 15 is 0 Å². The van der Waals surface area contributed by atoms with Crippen LogP contribution in [-0.2, 0) is 14.3 Å². The minimum Gasteiger partial charge on any atom is -0.466 e. The molecule has 1 aromatic carbocycles. The molecular formula is C15H15FN2O3S. The van der Waals surface area contributed by atoms with Crippen LogP contribution >= 0.6 is 12.2 Å². The molecule has 1 atom stereocenters. The molecule has 0 aromatic heterocycles. The van der Waals surface area contributed by atoms with Crippen LogP contribution in [0.5, 0.6) is 0 Å². The molecule has 1 amide bonds. The summed E-state index contributed by atoms with van der Waals surface area (Å²) in [6.45, 7) is 2.93. The molecule has 2 rings (SSSR count). The van der Waals surface area contributed by atoms with Crippen LogP contribution in [-0.4, -0.2) is 29.0 Å². The standard InChI is InChI=1S/C15H15FN2O3S/c1-8-12(14(20)21-3)13(10-6-4-5-7-11(10)16)18(9(2)19)15(22)17-8/h4-7,13H,1-3H3,(H,17,22)/t13-/m0/s1. The van der Waals surface area contributed by atoms with Crippen molar-refractivity contribution in [2.75, 3.05) is 7.11 Å². The zero-order valence-corrected chi connectivity index (χ0v) is 13.2. The van der Waals surface area contributed by atoms with Gasteiger partial charge in [0.2, 0.25) is 5.91 Å². The number of esters is 1. The van der Waals surface area contributed by atoms with Gasteiger partial charge in [0.15, 0.2) is 5.11 Å². The molecule has 5 nitrogen and oxygen atoms in total. The second-order valence-electron chi connectivity index (χ2n) is 4.77. The molecule has 0 unspecified atom stereocenters. The lowest BCUT2D eigenvalue weighted by Crippen LogP contribution is -2.50. The summed E-state index contributed by atoms with van der Waals surface area (Å²) in [6, 6.07) is 4.99. The van der Waals surface area contributed by atoms with Crippen molar-refractivity contribution >= 4 is 29.2 Å². The molecule has 1 aliphatic rings. The van der Waals surface area contributed by atoms with E-state index in [1.54, 1.807) is 13.0 Å². The van der Waals surface area contributed by atoms with E-state index in [0.717, 1.165) is 0 Å². The van der Waals surface area contributed by atoms with E-state index in [0.29, 0.717) is 5.70 Å². The summed E-state index contributed by atoms with van der Waals surface area (Å²) in [7, 11) is 1.23. The number of amides is 1. The average molecular weight is 322 g/mol. The fraction of sp³-hybridized carbons (Fsp3) is 0.267. The second-order valence-corrected chi connectivity index (χ2v) is 5.16. The second kappa shape index (κ2) is 6.23. The summed E-state index contributed by atoms with van der Waals surface area (Å²) in [5.41, 5.74) is 0.764. The third kappa shape index (κ3) is 2.71. The van der Waals surface area contributed by atoms with Crippen molar-refractivity contribution in [3.8, 4) is 0 Å². The number of nitrogens with one attached hydrogen (secondary N) is 1. The Hall–Kier alpha value is -2.28. The Kier molecular flexibility index (Phi) is 4.56. The summed E-state index contributed by atoms with van der Waals surface area (Å²) in [5.74, 6) is -1.58. The van der Waals surface area contributed by atoms with E-state index in [9.17, 15) is 14.0 Å². The topological polar surface area (TPSA) is 58.6 Å². The molecule has 0 spiro atoms. The number of methoxy groups -OCH3 is 1. The van der Waals surface area contributed by atoms with E-state index in [-0.39, 0.29) is 16.2 Å². The van der Waals surface area contributed by atoms with E-state index < -0.39 is 23.7 Å². The Morgan fingerprint density at radius 1 is 1.36 bits per heavy atom. The SMILES string of the molecule is COC(=O)C1=C(C)NC(=S)N(C(C)=O)[C@H]1c1ccccc1F. The van der Waals surface area contributed by atoms with Crippen LogP contribution in [0.15, 0.2) is 35.5 Å². The minimum absolute atomic E-state index is 0.117. The number of halogens is 1. The first-order chi connectivity index (χ1) is 10.4. The molecule has 0 bridgehead atoms. The third-order valence-corrected chi connectivity index (χ3v) is 3.69.